The van der Waals surface area contributed by atoms with Crippen molar-refractivity contribution in [1.29, 1.82) is 0 Å². The van der Waals surface area contributed by atoms with Crippen LogP contribution >= 0.6 is 0 Å². The lowest BCUT2D eigenvalue weighted by Crippen LogP contribution is -2.55. The molecule has 0 saturated carbocycles. The first-order valence-corrected chi connectivity index (χ1v) is 6.79. The molecule has 3 rings (SSSR count). The maximum atomic E-state index is 12.0. The molecule has 1 fully saturated rings. The number of rotatable bonds is 3. The number of carbonyl (C=O) groups is 1. The molecule has 6 heteroatoms. The van der Waals surface area contributed by atoms with E-state index >= 15 is 0 Å². The van der Waals surface area contributed by atoms with Crippen molar-refractivity contribution in [2.75, 3.05) is 31.1 Å². The van der Waals surface area contributed by atoms with Crippen molar-refractivity contribution in [3.63, 3.8) is 0 Å². The summed E-state index contributed by atoms with van der Waals surface area (Å²) >= 11 is 0. The predicted octanol–water partition coefficient (Wildman–Crippen LogP) is 1.17. The molecule has 1 N–H and O–H groups in total. The van der Waals surface area contributed by atoms with Crippen molar-refractivity contribution in [1.82, 2.24) is 10.3 Å². The van der Waals surface area contributed by atoms with E-state index < -0.39 is 6.04 Å². The molecule has 1 aromatic carbocycles. The number of hydrogen-bond donors (Lipinski definition) is 1. The number of anilines is 1. The van der Waals surface area contributed by atoms with Crippen LogP contribution in [0.4, 0.5) is 6.01 Å². The minimum absolute atomic E-state index is 0.248. The van der Waals surface area contributed by atoms with Gasteiger partial charge in [-0.2, -0.15) is 4.98 Å². The first kappa shape index (κ1) is 12.9. The van der Waals surface area contributed by atoms with Gasteiger partial charge in [0.2, 0.25) is 0 Å². The molecule has 0 amide bonds. The third-order valence-electron chi connectivity index (χ3n) is 3.33. The summed E-state index contributed by atoms with van der Waals surface area (Å²) in [6.45, 7) is 4.16. The van der Waals surface area contributed by atoms with Gasteiger partial charge in [-0.3, -0.25) is 0 Å². The van der Waals surface area contributed by atoms with Gasteiger partial charge in [0, 0.05) is 19.6 Å². The molecule has 2 heterocycles. The van der Waals surface area contributed by atoms with E-state index in [4.69, 9.17) is 9.15 Å². The number of para-hydroxylation sites is 2. The summed E-state index contributed by atoms with van der Waals surface area (Å²) < 4.78 is 10.9. The largest absolute Gasteiger partial charge is 0.464 e. The number of aromatic nitrogens is 1. The zero-order chi connectivity index (χ0) is 13.9. The Hall–Kier alpha value is -2.08. The summed E-state index contributed by atoms with van der Waals surface area (Å²) in [4.78, 5) is 18.3. The standard InChI is InChI=1S/C14H17N3O3/c1-2-19-13(18)11-9-15-7-8-17(11)14-16-10-5-3-4-6-12(10)20-14/h3-6,11,15H,2,7-9H2,1H3. The number of hydrogen-bond acceptors (Lipinski definition) is 6. The zero-order valence-electron chi connectivity index (χ0n) is 11.3. The molecule has 1 atom stereocenters. The Morgan fingerprint density at radius 2 is 2.40 bits per heavy atom. The number of nitrogens with one attached hydrogen (secondary N) is 1. The van der Waals surface area contributed by atoms with Crippen LogP contribution in [0.25, 0.3) is 11.1 Å². The van der Waals surface area contributed by atoms with Crippen LogP contribution in [-0.2, 0) is 9.53 Å². The highest BCUT2D eigenvalue weighted by molar-refractivity contribution is 5.81. The van der Waals surface area contributed by atoms with Crippen molar-refractivity contribution < 1.29 is 13.9 Å². The highest BCUT2D eigenvalue weighted by Crippen LogP contribution is 2.24. The molecular weight excluding hydrogens is 258 g/mol. The number of fused-ring (bicyclic) bond motifs is 1. The predicted molar refractivity (Wildman–Crippen MR) is 74.6 cm³/mol. The molecule has 2 aromatic rings. The Bertz CT molecular complexity index is 577. The highest BCUT2D eigenvalue weighted by Gasteiger charge is 2.32. The first-order valence-electron chi connectivity index (χ1n) is 6.79. The third kappa shape index (κ3) is 2.34. The number of carbonyl (C=O) groups excluding carboxylic acids is 1. The number of ether oxygens (including phenoxy) is 1. The molecule has 0 aliphatic carbocycles. The van der Waals surface area contributed by atoms with Gasteiger partial charge in [-0.1, -0.05) is 12.1 Å². The Labute approximate surface area is 116 Å². The number of oxazole rings is 1. The van der Waals surface area contributed by atoms with Gasteiger partial charge >= 0.3 is 5.97 Å². The molecule has 1 aromatic heterocycles. The van der Waals surface area contributed by atoms with E-state index in [2.05, 4.69) is 10.3 Å². The van der Waals surface area contributed by atoms with E-state index in [9.17, 15) is 4.79 Å². The van der Waals surface area contributed by atoms with Crippen molar-refractivity contribution in [2.45, 2.75) is 13.0 Å². The second-order valence-corrected chi connectivity index (χ2v) is 4.63. The molecule has 1 aliphatic rings. The maximum Gasteiger partial charge on any atom is 0.330 e. The van der Waals surface area contributed by atoms with Crippen LogP contribution in [0.15, 0.2) is 28.7 Å². The molecule has 1 saturated heterocycles. The zero-order valence-corrected chi connectivity index (χ0v) is 11.3. The summed E-state index contributed by atoms with van der Waals surface area (Å²) in [6.07, 6.45) is 0. The number of piperazine rings is 1. The molecule has 0 spiro atoms. The SMILES string of the molecule is CCOC(=O)C1CNCCN1c1nc2ccccc2o1. The van der Waals surface area contributed by atoms with Crippen molar-refractivity contribution in [3.8, 4) is 0 Å². The summed E-state index contributed by atoms with van der Waals surface area (Å²) in [5.41, 5.74) is 1.52. The van der Waals surface area contributed by atoms with Crippen LogP contribution in [-0.4, -0.2) is 43.2 Å². The Balaban J connectivity index is 1.90. The fourth-order valence-electron chi connectivity index (χ4n) is 2.37. The molecular formula is C14H17N3O3. The van der Waals surface area contributed by atoms with Gasteiger partial charge in [-0.05, 0) is 19.1 Å². The molecule has 0 radical (unpaired) electrons. The van der Waals surface area contributed by atoms with Crippen LogP contribution in [0.2, 0.25) is 0 Å². The van der Waals surface area contributed by atoms with E-state index in [0.717, 1.165) is 17.6 Å². The van der Waals surface area contributed by atoms with Crippen LogP contribution in [0.1, 0.15) is 6.92 Å². The molecule has 1 unspecified atom stereocenters. The number of benzene rings is 1. The second kappa shape index (κ2) is 5.50. The third-order valence-corrected chi connectivity index (χ3v) is 3.33. The summed E-state index contributed by atoms with van der Waals surface area (Å²) in [6, 6.07) is 7.66. The van der Waals surface area contributed by atoms with E-state index in [1.54, 1.807) is 6.92 Å². The molecule has 20 heavy (non-hydrogen) atoms. The molecule has 6 nitrogen and oxygen atoms in total. The Kier molecular flexibility index (Phi) is 3.56. The van der Waals surface area contributed by atoms with E-state index in [1.807, 2.05) is 29.2 Å². The van der Waals surface area contributed by atoms with Gasteiger partial charge in [0.05, 0.1) is 6.61 Å². The first-order chi connectivity index (χ1) is 9.79. The average molecular weight is 275 g/mol. The van der Waals surface area contributed by atoms with Crippen LogP contribution in [0, 0.1) is 0 Å². The van der Waals surface area contributed by atoms with Crippen molar-refractivity contribution >= 4 is 23.1 Å². The second-order valence-electron chi connectivity index (χ2n) is 4.63. The van der Waals surface area contributed by atoms with E-state index in [0.29, 0.717) is 25.7 Å². The smallest absolute Gasteiger partial charge is 0.330 e. The van der Waals surface area contributed by atoms with Gasteiger partial charge in [-0.15, -0.1) is 0 Å². The van der Waals surface area contributed by atoms with Crippen LogP contribution < -0.4 is 10.2 Å². The maximum absolute atomic E-state index is 12.0. The lowest BCUT2D eigenvalue weighted by Gasteiger charge is -2.33. The summed E-state index contributed by atoms with van der Waals surface area (Å²) in [5.74, 6) is -0.248. The number of esters is 1. The minimum atomic E-state index is -0.392. The van der Waals surface area contributed by atoms with Crippen molar-refractivity contribution in [3.05, 3.63) is 24.3 Å². The van der Waals surface area contributed by atoms with Gasteiger partial charge in [0.25, 0.3) is 6.01 Å². The Morgan fingerprint density at radius 3 is 3.20 bits per heavy atom. The number of nitrogens with zero attached hydrogens (tertiary/aromatic N) is 2. The van der Waals surface area contributed by atoms with Crippen molar-refractivity contribution in [2.24, 2.45) is 0 Å². The molecule has 0 bridgehead atoms. The fraction of sp³-hybridized carbons (Fsp3) is 0.429. The van der Waals surface area contributed by atoms with E-state index in [-0.39, 0.29) is 5.97 Å². The van der Waals surface area contributed by atoms with Crippen LogP contribution in [0.3, 0.4) is 0 Å². The molecule has 1 aliphatic heterocycles. The average Bonchev–Trinajstić information content (AvgIpc) is 2.91. The normalized spacial score (nSPS) is 19.2. The lowest BCUT2D eigenvalue weighted by atomic mass is 10.2. The molecule has 106 valence electrons. The minimum Gasteiger partial charge on any atom is -0.464 e. The lowest BCUT2D eigenvalue weighted by molar-refractivity contribution is -0.145. The Morgan fingerprint density at radius 1 is 1.55 bits per heavy atom. The van der Waals surface area contributed by atoms with Gasteiger partial charge in [0.15, 0.2) is 5.58 Å². The topological polar surface area (TPSA) is 67.6 Å². The van der Waals surface area contributed by atoms with Gasteiger partial charge < -0.3 is 19.4 Å². The monoisotopic (exact) mass is 275 g/mol. The summed E-state index contributed by atoms with van der Waals surface area (Å²) in [7, 11) is 0. The summed E-state index contributed by atoms with van der Waals surface area (Å²) in [5, 5.41) is 3.20. The fourth-order valence-corrected chi connectivity index (χ4v) is 2.37. The quantitative estimate of drug-likeness (QED) is 0.848. The van der Waals surface area contributed by atoms with Gasteiger partial charge in [0.1, 0.15) is 11.6 Å². The highest BCUT2D eigenvalue weighted by atomic mass is 16.5. The van der Waals surface area contributed by atoms with E-state index in [1.165, 1.54) is 0 Å². The van der Waals surface area contributed by atoms with Crippen LogP contribution in [0.5, 0.6) is 0 Å². The van der Waals surface area contributed by atoms with Gasteiger partial charge in [-0.25, -0.2) is 4.79 Å².